The highest BCUT2D eigenvalue weighted by atomic mass is 16.5. The number of hydrogen-bond donors (Lipinski definition) is 0. The van der Waals surface area contributed by atoms with Gasteiger partial charge in [-0.25, -0.2) is 0 Å². The third-order valence-corrected chi connectivity index (χ3v) is 4.19. The summed E-state index contributed by atoms with van der Waals surface area (Å²) in [5, 5.41) is 0. The zero-order valence-corrected chi connectivity index (χ0v) is 14.4. The number of morpholine rings is 1. The first kappa shape index (κ1) is 17.5. The number of amides is 1. The van der Waals surface area contributed by atoms with Gasteiger partial charge in [0.15, 0.2) is 0 Å². The van der Waals surface area contributed by atoms with E-state index in [0.29, 0.717) is 45.1 Å². The number of nitrogens with zero attached hydrogens (tertiary/aromatic N) is 1. The van der Waals surface area contributed by atoms with Crippen LogP contribution in [0.4, 0.5) is 0 Å². The SMILES string of the molecule is COc1ccc(C(=O)N2CCOCC2)cc1COCc1ccccc1. The Hall–Kier alpha value is -2.37. The van der Waals surface area contributed by atoms with Crippen LogP contribution in [0.25, 0.3) is 0 Å². The molecule has 1 aliphatic rings. The highest BCUT2D eigenvalue weighted by Crippen LogP contribution is 2.22. The Morgan fingerprint density at radius 3 is 2.56 bits per heavy atom. The first-order valence-corrected chi connectivity index (χ1v) is 8.43. The molecule has 0 N–H and O–H groups in total. The summed E-state index contributed by atoms with van der Waals surface area (Å²) in [6.45, 7) is 3.35. The Kier molecular flexibility index (Phi) is 6.04. The van der Waals surface area contributed by atoms with Crippen LogP contribution in [0.3, 0.4) is 0 Å². The Morgan fingerprint density at radius 2 is 1.84 bits per heavy atom. The maximum Gasteiger partial charge on any atom is 0.254 e. The summed E-state index contributed by atoms with van der Waals surface area (Å²) in [5.74, 6) is 0.752. The number of methoxy groups -OCH3 is 1. The summed E-state index contributed by atoms with van der Waals surface area (Å²) >= 11 is 0. The molecule has 0 bridgehead atoms. The fraction of sp³-hybridized carbons (Fsp3) is 0.350. The molecule has 5 heteroatoms. The summed E-state index contributed by atoms with van der Waals surface area (Å²) in [4.78, 5) is 14.5. The average molecular weight is 341 g/mol. The Morgan fingerprint density at radius 1 is 1.08 bits per heavy atom. The highest BCUT2D eigenvalue weighted by Gasteiger charge is 2.19. The summed E-state index contributed by atoms with van der Waals surface area (Å²) < 4.78 is 16.5. The molecule has 0 unspecified atom stereocenters. The molecule has 1 aliphatic heterocycles. The van der Waals surface area contributed by atoms with Crippen LogP contribution in [-0.2, 0) is 22.7 Å². The zero-order valence-electron chi connectivity index (χ0n) is 14.4. The van der Waals surface area contributed by atoms with Crippen molar-refractivity contribution in [3.05, 3.63) is 65.2 Å². The van der Waals surface area contributed by atoms with Crippen molar-refractivity contribution in [3.8, 4) is 5.75 Å². The van der Waals surface area contributed by atoms with E-state index in [-0.39, 0.29) is 5.91 Å². The van der Waals surface area contributed by atoms with Crippen molar-refractivity contribution in [2.24, 2.45) is 0 Å². The number of ether oxygens (including phenoxy) is 3. The van der Waals surface area contributed by atoms with Crippen LogP contribution < -0.4 is 4.74 Å². The second-order valence-electron chi connectivity index (χ2n) is 5.91. The molecule has 2 aromatic rings. The fourth-order valence-corrected chi connectivity index (χ4v) is 2.83. The smallest absolute Gasteiger partial charge is 0.254 e. The van der Waals surface area contributed by atoms with Crippen molar-refractivity contribution in [1.82, 2.24) is 4.90 Å². The molecule has 0 aliphatic carbocycles. The molecule has 1 amide bonds. The molecular weight excluding hydrogens is 318 g/mol. The van der Waals surface area contributed by atoms with Crippen molar-refractivity contribution in [2.75, 3.05) is 33.4 Å². The normalized spacial score (nSPS) is 14.4. The summed E-state index contributed by atoms with van der Waals surface area (Å²) in [6.07, 6.45) is 0. The van der Waals surface area contributed by atoms with Gasteiger partial charge in [0.25, 0.3) is 5.91 Å². The molecule has 132 valence electrons. The van der Waals surface area contributed by atoms with Crippen molar-refractivity contribution >= 4 is 5.91 Å². The van der Waals surface area contributed by atoms with Crippen molar-refractivity contribution < 1.29 is 19.0 Å². The van der Waals surface area contributed by atoms with E-state index in [1.165, 1.54) is 0 Å². The van der Waals surface area contributed by atoms with Gasteiger partial charge in [0.1, 0.15) is 5.75 Å². The van der Waals surface area contributed by atoms with E-state index < -0.39 is 0 Å². The second-order valence-corrected chi connectivity index (χ2v) is 5.91. The molecule has 1 heterocycles. The number of benzene rings is 2. The van der Waals surface area contributed by atoms with E-state index in [1.54, 1.807) is 13.2 Å². The van der Waals surface area contributed by atoms with Gasteiger partial charge < -0.3 is 19.1 Å². The highest BCUT2D eigenvalue weighted by molar-refractivity contribution is 5.94. The van der Waals surface area contributed by atoms with Gasteiger partial charge >= 0.3 is 0 Å². The van der Waals surface area contributed by atoms with Gasteiger partial charge in [0.2, 0.25) is 0 Å². The van der Waals surface area contributed by atoms with E-state index in [2.05, 4.69) is 0 Å². The van der Waals surface area contributed by atoms with Gasteiger partial charge in [0.05, 0.1) is 33.5 Å². The van der Waals surface area contributed by atoms with Crippen LogP contribution >= 0.6 is 0 Å². The topological polar surface area (TPSA) is 48.0 Å². The maximum absolute atomic E-state index is 12.6. The van der Waals surface area contributed by atoms with Crippen LogP contribution in [0.15, 0.2) is 48.5 Å². The lowest BCUT2D eigenvalue weighted by Crippen LogP contribution is -2.40. The molecule has 1 fully saturated rings. The number of rotatable bonds is 6. The van der Waals surface area contributed by atoms with Crippen LogP contribution in [0, 0.1) is 0 Å². The largest absolute Gasteiger partial charge is 0.496 e. The van der Waals surface area contributed by atoms with Gasteiger partial charge in [-0.3, -0.25) is 4.79 Å². The fourth-order valence-electron chi connectivity index (χ4n) is 2.83. The average Bonchev–Trinajstić information content (AvgIpc) is 2.69. The van der Waals surface area contributed by atoms with Crippen LogP contribution in [-0.4, -0.2) is 44.2 Å². The van der Waals surface area contributed by atoms with Crippen LogP contribution in [0.5, 0.6) is 5.75 Å². The molecular formula is C20H23NO4. The van der Waals surface area contributed by atoms with Crippen molar-refractivity contribution in [3.63, 3.8) is 0 Å². The van der Waals surface area contributed by atoms with E-state index in [0.717, 1.165) is 16.9 Å². The minimum atomic E-state index is 0.0234. The molecule has 0 aromatic heterocycles. The third-order valence-electron chi connectivity index (χ3n) is 4.19. The van der Waals surface area contributed by atoms with Gasteiger partial charge in [-0.15, -0.1) is 0 Å². The van der Waals surface area contributed by atoms with Crippen molar-refractivity contribution in [1.29, 1.82) is 0 Å². The lowest BCUT2D eigenvalue weighted by Gasteiger charge is -2.27. The van der Waals surface area contributed by atoms with Crippen molar-refractivity contribution in [2.45, 2.75) is 13.2 Å². The Bertz CT molecular complexity index is 696. The van der Waals surface area contributed by atoms with E-state index in [1.807, 2.05) is 47.4 Å². The lowest BCUT2D eigenvalue weighted by molar-refractivity contribution is 0.0302. The summed E-state index contributed by atoms with van der Waals surface area (Å²) in [5.41, 5.74) is 2.64. The Balaban J connectivity index is 1.67. The molecule has 5 nitrogen and oxygen atoms in total. The predicted molar refractivity (Wildman–Crippen MR) is 94.7 cm³/mol. The van der Waals surface area contributed by atoms with Crippen LogP contribution in [0.2, 0.25) is 0 Å². The molecule has 3 rings (SSSR count). The minimum Gasteiger partial charge on any atom is -0.496 e. The molecule has 0 spiro atoms. The van der Waals surface area contributed by atoms with Crippen LogP contribution in [0.1, 0.15) is 21.5 Å². The monoisotopic (exact) mass is 341 g/mol. The molecule has 0 radical (unpaired) electrons. The van der Waals surface area contributed by atoms with E-state index in [4.69, 9.17) is 14.2 Å². The summed E-state index contributed by atoms with van der Waals surface area (Å²) in [7, 11) is 1.62. The molecule has 1 saturated heterocycles. The molecule has 2 aromatic carbocycles. The van der Waals surface area contributed by atoms with Gasteiger partial charge in [0, 0.05) is 24.2 Å². The first-order chi connectivity index (χ1) is 12.3. The number of hydrogen-bond acceptors (Lipinski definition) is 4. The maximum atomic E-state index is 12.6. The number of carbonyl (C=O) groups is 1. The minimum absolute atomic E-state index is 0.0234. The third kappa shape index (κ3) is 4.59. The second kappa shape index (κ2) is 8.65. The Labute approximate surface area is 148 Å². The quantitative estimate of drug-likeness (QED) is 0.811. The molecule has 0 atom stereocenters. The summed E-state index contributed by atoms with van der Waals surface area (Å²) in [6, 6.07) is 15.5. The first-order valence-electron chi connectivity index (χ1n) is 8.43. The molecule has 25 heavy (non-hydrogen) atoms. The van der Waals surface area contributed by atoms with E-state index >= 15 is 0 Å². The van der Waals surface area contributed by atoms with Gasteiger partial charge in [-0.2, -0.15) is 0 Å². The lowest BCUT2D eigenvalue weighted by atomic mass is 10.1. The van der Waals surface area contributed by atoms with Gasteiger partial charge in [-0.1, -0.05) is 30.3 Å². The number of carbonyl (C=O) groups excluding carboxylic acids is 1. The zero-order chi connectivity index (χ0) is 17.5. The standard InChI is InChI=1S/C20H23NO4/c1-23-19-8-7-17(20(22)21-9-11-24-12-10-21)13-18(19)15-25-14-16-5-3-2-4-6-16/h2-8,13H,9-12,14-15H2,1H3. The predicted octanol–water partition coefficient (Wildman–Crippen LogP) is 2.88. The van der Waals surface area contributed by atoms with E-state index in [9.17, 15) is 4.79 Å². The molecule has 0 saturated carbocycles. The van der Waals surface area contributed by atoms with Gasteiger partial charge in [-0.05, 0) is 23.8 Å².